The minimum absolute atomic E-state index is 0.139. The maximum atomic E-state index is 14.1. The topological polar surface area (TPSA) is 29.9 Å². The number of nitrogens with zero attached hydrogens (tertiary/aromatic N) is 2. The zero-order chi connectivity index (χ0) is 15.6. The van der Waals surface area contributed by atoms with Gasteiger partial charge in [-0.25, -0.2) is 4.39 Å². The summed E-state index contributed by atoms with van der Waals surface area (Å²) in [6.45, 7) is 4.78. The lowest BCUT2D eigenvalue weighted by Crippen LogP contribution is -2.22. The van der Waals surface area contributed by atoms with Crippen molar-refractivity contribution in [2.75, 3.05) is 7.05 Å². The highest BCUT2D eigenvalue weighted by Gasteiger charge is 2.20. The molecule has 1 N–H and O–H groups in total. The van der Waals surface area contributed by atoms with Crippen LogP contribution < -0.4 is 5.32 Å². The Morgan fingerprint density at radius 1 is 1.48 bits per heavy atom. The fourth-order valence-electron chi connectivity index (χ4n) is 2.41. The minimum atomic E-state index is -0.294. The number of likely N-dealkylation sites (N-methyl/N-ethyl adjacent to an activating group) is 1. The first-order chi connectivity index (χ1) is 9.97. The van der Waals surface area contributed by atoms with Crippen molar-refractivity contribution < 1.29 is 4.39 Å². The molecule has 0 amide bonds. The van der Waals surface area contributed by atoms with Gasteiger partial charge in [-0.05, 0) is 49.0 Å². The van der Waals surface area contributed by atoms with Crippen LogP contribution in [0.25, 0.3) is 0 Å². The third kappa shape index (κ3) is 3.47. The van der Waals surface area contributed by atoms with E-state index in [0.717, 1.165) is 22.4 Å². The van der Waals surface area contributed by atoms with Crippen LogP contribution in [0.5, 0.6) is 0 Å². The standard InChI is InChI=1S/C15H18BrClFN3/c1-4-21-14(15(16)9(2)20-21)8-13(19-3)11-6-5-10(17)7-12(11)18/h5-7,13,19H,4,8H2,1-3H3. The van der Waals surface area contributed by atoms with Crippen LogP contribution in [0.4, 0.5) is 4.39 Å². The molecule has 0 aliphatic carbocycles. The molecular formula is C15H18BrClFN3. The van der Waals surface area contributed by atoms with Gasteiger partial charge in [-0.3, -0.25) is 4.68 Å². The van der Waals surface area contributed by atoms with Gasteiger partial charge in [0.05, 0.1) is 15.9 Å². The second-order valence-corrected chi connectivity index (χ2v) is 6.10. The Morgan fingerprint density at radius 2 is 2.19 bits per heavy atom. The van der Waals surface area contributed by atoms with Crippen LogP contribution >= 0.6 is 27.5 Å². The van der Waals surface area contributed by atoms with Gasteiger partial charge in [0.25, 0.3) is 0 Å². The van der Waals surface area contributed by atoms with Gasteiger partial charge in [-0.15, -0.1) is 0 Å². The molecule has 0 fully saturated rings. The van der Waals surface area contributed by atoms with Crippen molar-refractivity contribution in [2.45, 2.75) is 32.9 Å². The summed E-state index contributed by atoms with van der Waals surface area (Å²) in [5.41, 5.74) is 2.61. The number of rotatable bonds is 5. The molecule has 2 rings (SSSR count). The van der Waals surface area contributed by atoms with E-state index in [-0.39, 0.29) is 11.9 Å². The van der Waals surface area contributed by atoms with Crippen molar-refractivity contribution >= 4 is 27.5 Å². The highest BCUT2D eigenvalue weighted by atomic mass is 79.9. The van der Waals surface area contributed by atoms with Gasteiger partial charge >= 0.3 is 0 Å². The Hall–Kier alpha value is -0.910. The van der Waals surface area contributed by atoms with Gasteiger partial charge in [0.15, 0.2) is 0 Å². The number of benzene rings is 1. The van der Waals surface area contributed by atoms with Gasteiger partial charge in [0.1, 0.15) is 5.82 Å². The zero-order valence-corrected chi connectivity index (χ0v) is 14.6. The van der Waals surface area contributed by atoms with Gasteiger partial charge in [-0.2, -0.15) is 5.10 Å². The van der Waals surface area contributed by atoms with Crippen LogP contribution in [0.1, 0.15) is 29.9 Å². The number of hydrogen-bond donors (Lipinski definition) is 1. The molecule has 21 heavy (non-hydrogen) atoms. The lowest BCUT2D eigenvalue weighted by Gasteiger charge is -2.18. The molecule has 0 aliphatic rings. The third-order valence-corrected chi connectivity index (χ3v) is 4.80. The Balaban J connectivity index is 2.35. The Labute approximate surface area is 137 Å². The smallest absolute Gasteiger partial charge is 0.129 e. The molecule has 1 aromatic heterocycles. The van der Waals surface area contributed by atoms with E-state index in [9.17, 15) is 4.39 Å². The van der Waals surface area contributed by atoms with E-state index in [1.165, 1.54) is 6.07 Å². The molecule has 0 spiro atoms. The van der Waals surface area contributed by atoms with Gasteiger partial charge in [0, 0.05) is 29.6 Å². The summed E-state index contributed by atoms with van der Waals surface area (Å²) in [4.78, 5) is 0. The molecule has 1 unspecified atom stereocenters. The van der Waals surface area contributed by atoms with Gasteiger partial charge in [-0.1, -0.05) is 17.7 Å². The Morgan fingerprint density at radius 3 is 2.76 bits per heavy atom. The van der Waals surface area contributed by atoms with E-state index < -0.39 is 0 Å². The van der Waals surface area contributed by atoms with Crippen molar-refractivity contribution in [1.82, 2.24) is 15.1 Å². The van der Waals surface area contributed by atoms with Crippen LogP contribution in [0.3, 0.4) is 0 Å². The number of aryl methyl sites for hydroxylation is 2. The zero-order valence-electron chi connectivity index (χ0n) is 12.3. The molecule has 0 saturated carbocycles. The summed E-state index contributed by atoms with van der Waals surface area (Å²) >= 11 is 9.40. The van der Waals surface area contributed by atoms with E-state index in [2.05, 4.69) is 26.3 Å². The SMILES string of the molecule is CCn1nc(C)c(Br)c1CC(NC)c1ccc(Cl)cc1F. The summed E-state index contributed by atoms with van der Waals surface area (Å²) in [6, 6.07) is 4.65. The average molecular weight is 375 g/mol. The molecule has 6 heteroatoms. The van der Waals surface area contributed by atoms with Gasteiger partial charge in [0.2, 0.25) is 0 Å². The lowest BCUT2D eigenvalue weighted by atomic mass is 10.0. The summed E-state index contributed by atoms with van der Waals surface area (Å²) in [6.07, 6.45) is 0.643. The van der Waals surface area contributed by atoms with Crippen LogP contribution in [0, 0.1) is 12.7 Å². The van der Waals surface area contributed by atoms with Crippen LogP contribution in [-0.4, -0.2) is 16.8 Å². The number of hydrogen-bond acceptors (Lipinski definition) is 2. The second-order valence-electron chi connectivity index (χ2n) is 4.87. The lowest BCUT2D eigenvalue weighted by molar-refractivity contribution is 0.509. The first-order valence-corrected chi connectivity index (χ1v) is 7.99. The van der Waals surface area contributed by atoms with Crippen molar-refractivity contribution in [2.24, 2.45) is 0 Å². The van der Waals surface area contributed by atoms with Crippen molar-refractivity contribution in [3.05, 3.63) is 50.5 Å². The van der Waals surface area contributed by atoms with Crippen LogP contribution in [0.15, 0.2) is 22.7 Å². The monoisotopic (exact) mass is 373 g/mol. The maximum Gasteiger partial charge on any atom is 0.129 e. The molecule has 1 heterocycles. The maximum absolute atomic E-state index is 14.1. The molecule has 0 saturated heterocycles. The molecule has 0 radical (unpaired) electrons. The van der Waals surface area contributed by atoms with E-state index in [4.69, 9.17) is 11.6 Å². The number of nitrogens with one attached hydrogen (secondary N) is 1. The predicted molar refractivity (Wildman–Crippen MR) is 87.3 cm³/mol. The molecular weight excluding hydrogens is 357 g/mol. The first-order valence-electron chi connectivity index (χ1n) is 6.81. The van der Waals surface area contributed by atoms with E-state index >= 15 is 0 Å². The highest BCUT2D eigenvalue weighted by Crippen LogP contribution is 2.28. The van der Waals surface area contributed by atoms with Crippen molar-refractivity contribution in [1.29, 1.82) is 0 Å². The quantitative estimate of drug-likeness (QED) is 0.847. The highest BCUT2D eigenvalue weighted by molar-refractivity contribution is 9.10. The van der Waals surface area contributed by atoms with E-state index in [1.807, 2.05) is 25.6 Å². The fraction of sp³-hybridized carbons (Fsp3) is 0.400. The largest absolute Gasteiger partial charge is 0.313 e. The Kier molecular flexibility index (Phi) is 5.41. The number of aromatic nitrogens is 2. The van der Waals surface area contributed by atoms with Crippen LogP contribution in [0.2, 0.25) is 5.02 Å². The summed E-state index contributed by atoms with van der Waals surface area (Å²) in [7, 11) is 1.83. The van der Waals surface area contributed by atoms with Crippen molar-refractivity contribution in [3.63, 3.8) is 0 Å². The summed E-state index contributed by atoms with van der Waals surface area (Å²) in [5, 5.41) is 8.05. The van der Waals surface area contributed by atoms with Crippen LogP contribution in [-0.2, 0) is 13.0 Å². The summed E-state index contributed by atoms with van der Waals surface area (Å²) < 4.78 is 17.0. The number of halogens is 3. The normalized spacial score (nSPS) is 12.7. The summed E-state index contributed by atoms with van der Waals surface area (Å²) in [5.74, 6) is -0.294. The van der Waals surface area contributed by atoms with Crippen molar-refractivity contribution in [3.8, 4) is 0 Å². The van der Waals surface area contributed by atoms with E-state index in [1.54, 1.807) is 12.1 Å². The predicted octanol–water partition coefficient (Wildman–Crippen LogP) is 4.27. The first kappa shape index (κ1) is 16.5. The minimum Gasteiger partial charge on any atom is -0.313 e. The molecule has 1 atom stereocenters. The molecule has 0 bridgehead atoms. The molecule has 0 aliphatic heterocycles. The third-order valence-electron chi connectivity index (χ3n) is 3.54. The van der Waals surface area contributed by atoms with E-state index in [0.29, 0.717) is 17.0 Å². The molecule has 1 aromatic carbocycles. The molecule has 114 valence electrons. The molecule has 2 aromatic rings. The second kappa shape index (κ2) is 6.90. The average Bonchev–Trinajstić information content (AvgIpc) is 2.72. The fourth-order valence-corrected chi connectivity index (χ4v) is 3.01. The molecule has 3 nitrogen and oxygen atoms in total. The Bertz CT molecular complexity index is 642. The van der Waals surface area contributed by atoms with Gasteiger partial charge < -0.3 is 5.32 Å².